The lowest BCUT2D eigenvalue weighted by Gasteiger charge is -2.37. The number of fused-ring (bicyclic) bond motifs is 1. The van der Waals surface area contributed by atoms with Crippen molar-refractivity contribution in [1.29, 1.82) is 0 Å². The molecule has 0 spiro atoms. The van der Waals surface area contributed by atoms with Gasteiger partial charge in [-0.25, -0.2) is 4.39 Å². The molecule has 1 aromatic carbocycles. The molecular formula is C23H27FN2O2S. The fourth-order valence-corrected chi connectivity index (χ4v) is 4.95. The first kappa shape index (κ1) is 20.1. The zero-order valence-corrected chi connectivity index (χ0v) is 17.6. The van der Waals surface area contributed by atoms with Crippen LogP contribution in [0.1, 0.15) is 54.7 Å². The highest BCUT2D eigenvalue weighted by Crippen LogP contribution is 2.38. The molecule has 1 atom stereocenters. The van der Waals surface area contributed by atoms with E-state index in [0.717, 1.165) is 43.2 Å². The molecule has 2 heterocycles. The quantitative estimate of drug-likeness (QED) is 0.674. The van der Waals surface area contributed by atoms with Gasteiger partial charge in [0, 0.05) is 23.9 Å². The SMILES string of the molecule is CCCCN(CC(=O)N1CCc2sccc2C1c1ccc(F)cc1)C(=O)C1CC1. The van der Waals surface area contributed by atoms with E-state index >= 15 is 0 Å². The molecule has 154 valence electrons. The van der Waals surface area contributed by atoms with Crippen LogP contribution in [0.3, 0.4) is 0 Å². The van der Waals surface area contributed by atoms with Crippen LogP contribution < -0.4 is 0 Å². The van der Waals surface area contributed by atoms with Crippen LogP contribution in [0.5, 0.6) is 0 Å². The molecule has 29 heavy (non-hydrogen) atoms. The van der Waals surface area contributed by atoms with Gasteiger partial charge in [0.05, 0.1) is 12.6 Å². The van der Waals surface area contributed by atoms with Crippen LogP contribution in [0, 0.1) is 11.7 Å². The van der Waals surface area contributed by atoms with Gasteiger partial charge in [-0.15, -0.1) is 11.3 Å². The van der Waals surface area contributed by atoms with Crippen LogP contribution in [-0.2, 0) is 16.0 Å². The highest BCUT2D eigenvalue weighted by atomic mass is 32.1. The van der Waals surface area contributed by atoms with Crippen molar-refractivity contribution < 1.29 is 14.0 Å². The number of nitrogens with zero attached hydrogens (tertiary/aromatic N) is 2. The van der Waals surface area contributed by atoms with Crippen LogP contribution >= 0.6 is 11.3 Å². The fourth-order valence-electron chi connectivity index (χ4n) is 4.05. The molecule has 0 radical (unpaired) electrons. The highest BCUT2D eigenvalue weighted by molar-refractivity contribution is 7.10. The van der Waals surface area contributed by atoms with E-state index in [-0.39, 0.29) is 36.1 Å². The number of benzene rings is 1. The molecule has 1 fully saturated rings. The molecule has 1 saturated carbocycles. The lowest BCUT2D eigenvalue weighted by Crippen LogP contribution is -2.47. The summed E-state index contributed by atoms with van der Waals surface area (Å²) in [5, 5.41) is 2.05. The van der Waals surface area contributed by atoms with E-state index in [4.69, 9.17) is 0 Å². The molecule has 0 bridgehead atoms. The van der Waals surface area contributed by atoms with Gasteiger partial charge in [0.2, 0.25) is 11.8 Å². The summed E-state index contributed by atoms with van der Waals surface area (Å²) in [7, 11) is 0. The van der Waals surface area contributed by atoms with E-state index in [9.17, 15) is 14.0 Å². The van der Waals surface area contributed by atoms with Gasteiger partial charge in [-0.3, -0.25) is 9.59 Å². The topological polar surface area (TPSA) is 40.6 Å². The summed E-state index contributed by atoms with van der Waals surface area (Å²) in [5.41, 5.74) is 2.03. The largest absolute Gasteiger partial charge is 0.333 e. The van der Waals surface area contributed by atoms with Gasteiger partial charge < -0.3 is 9.80 Å². The molecule has 0 N–H and O–H groups in total. The van der Waals surface area contributed by atoms with Gasteiger partial charge in [-0.2, -0.15) is 0 Å². The van der Waals surface area contributed by atoms with E-state index in [1.807, 2.05) is 4.90 Å². The van der Waals surface area contributed by atoms with Crippen LogP contribution in [0.2, 0.25) is 0 Å². The first-order valence-corrected chi connectivity index (χ1v) is 11.4. The van der Waals surface area contributed by atoms with Crippen molar-refractivity contribution in [2.24, 2.45) is 5.92 Å². The Hall–Kier alpha value is -2.21. The van der Waals surface area contributed by atoms with Crippen molar-refractivity contribution in [2.45, 2.75) is 45.1 Å². The molecule has 1 unspecified atom stereocenters. The molecule has 1 aliphatic heterocycles. The Bertz CT molecular complexity index is 875. The number of hydrogen-bond donors (Lipinski definition) is 0. The van der Waals surface area contributed by atoms with Crippen LogP contribution in [0.4, 0.5) is 4.39 Å². The number of amides is 2. The normalized spacial score (nSPS) is 18.4. The Morgan fingerprint density at radius 1 is 1.21 bits per heavy atom. The molecular weight excluding hydrogens is 387 g/mol. The van der Waals surface area contributed by atoms with Crippen molar-refractivity contribution in [3.63, 3.8) is 0 Å². The number of hydrogen-bond acceptors (Lipinski definition) is 3. The minimum absolute atomic E-state index is 0.0266. The Labute approximate surface area is 175 Å². The number of unbranched alkanes of at least 4 members (excludes halogenated alkanes) is 1. The second-order valence-corrected chi connectivity index (χ2v) is 8.98. The van der Waals surface area contributed by atoms with Crippen LogP contribution in [0.15, 0.2) is 35.7 Å². The molecule has 1 aliphatic carbocycles. The monoisotopic (exact) mass is 414 g/mol. The van der Waals surface area contributed by atoms with Gasteiger partial charge in [0.15, 0.2) is 0 Å². The number of halogens is 1. The summed E-state index contributed by atoms with van der Waals surface area (Å²) >= 11 is 1.71. The van der Waals surface area contributed by atoms with Crippen LogP contribution in [0.25, 0.3) is 0 Å². The third-order valence-electron chi connectivity index (χ3n) is 5.82. The number of carbonyl (C=O) groups excluding carboxylic acids is 2. The van der Waals surface area contributed by atoms with Gasteiger partial charge in [-0.05, 0) is 60.4 Å². The summed E-state index contributed by atoms with van der Waals surface area (Å²) in [6.45, 7) is 3.48. The van der Waals surface area contributed by atoms with Crippen molar-refractivity contribution in [3.05, 3.63) is 57.5 Å². The Kier molecular flexibility index (Phi) is 5.99. The molecule has 1 aromatic heterocycles. The third-order valence-corrected chi connectivity index (χ3v) is 6.81. The standard InChI is InChI=1S/C23H27FN2O2S/c1-2-3-12-25(23(28)17-4-5-17)15-21(27)26-13-10-20-19(11-14-29-20)22(26)16-6-8-18(24)9-7-16/h6-9,11,14,17,22H,2-5,10,12-13,15H2,1H3. The van der Waals surface area contributed by atoms with Gasteiger partial charge in [0.1, 0.15) is 5.82 Å². The van der Waals surface area contributed by atoms with E-state index in [0.29, 0.717) is 13.1 Å². The Morgan fingerprint density at radius 2 is 1.97 bits per heavy atom. The number of carbonyl (C=O) groups is 2. The summed E-state index contributed by atoms with van der Waals surface area (Å²) < 4.78 is 13.5. The molecule has 4 rings (SSSR count). The average Bonchev–Trinajstić information content (AvgIpc) is 3.47. The number of rotatable bonds is 7. The molecule has 4 nitrogen and oxygen atoms in total. The smallest absolute Gasteiger partial charge is 0.242 e. The first-order valence-electron chi connectivity index (χ1n) is 10.5. The van der Waals surface area contributed by atoms with Crippen LogP contribution in [-0.4, -0.2) is 41.2 Å². The molecule has 0 saturated heterocycles. The highest BCUT2D eigenvalue weighted by Gasteiger charge is 2.37. The predicted molar refractivity (Wildman–Crippen MR) is 112 cm³/mol. The number of thiophene rings is 1. The summed E-state index contributed by atoms with van der Waals surface area (Å²) in [5.74, 6) is -0.0780. The van der Waals surface area contributed by atoms with Crippen molar-refractivity contribution in [1.82, 2.24) is 9.80 Å². The van der Waals surface area contributed by atoms with Crippen molar-refractivity contribution in [2.75, 3.05) is 19.6 Å². The van der Waals surface area contributed by atoms with E-state index in [1.165, 1.54) is 17.0 Å². The summed E-state index contributed by atoms with van der Waals surface area (Å²) in [6, 6.07) is 8.26. The molecule has 6 heteroatoms. The Balaban J connectivity index is 1.58. The second kappa shape index (κ2) is 8.66. The third kappa shape index (κ3) is 4.37. The lowest BCUT2D eigenvalue weighted by molar-refractivity contribution is -0.142. The van der Waals surface area contributed by atoms with Crippen molar-refractivity contribution in [3.8, 4) is 0 Å². The second-order valence-electron chi connectivity index (χ2n) is 7.98. The molecule has 2 aromatic rings. The van der Waals surface area contributed by atoms with Gasteiger partial charge >= 0.3 is 0 Å². The Morgan fingerprint density at radius 3 is 2.66 bits per heavy atom. The fraction of sp³-hybridized carbons (Fsp3) is 0.478. The predicted octanol–water partition coefficient (Wildman–Crippen LogP) is 4.40. The minimum Gasteiger partial charge on any atom is -0.333 e. The summed E-state index contributed by atoms with van der Waals surface area (Å²) in [6.07, 6.45) is 4.60. The van der Waals surface area contributed by atoms with E-state index in [2.05, 4.69) is 18.4 Å². The maximum absolute atomic E-state index is 13.5. The van der Waals surface area contributed by atoms with Gasteiger partial charge in [0.25, 0.3) is 0 Å². The molecule has 2 aliphatic rings. The zero-order valence-electron chi connectivity index (χ0n) is 16.8. The summed E-state index contributed by atoms with van der Waals surface area (Å²) in [4.78, 5) is 31.0. The minimum atomic E-state index is -0.284. The van der Waals surface area contributed by atoms with Crippen molar-refractivity contribution >= 4 is 23.2 Å². The average molecular weight is 415 g/mol. The van der Waals surface area contributed by atoms with E-state index in [1.54, 1.807) is 28.4 Å². The maximum atomic E-state index is 13.5. The van der Waals surface area contributed by atoms with Gasteiger partial charge in [-0.1, -0.05) is 25.5 Å². The zero-order chi connectivity index (χ0) is 20.4. The molecule has 2 amide bonds. The first-order chi connectivity index (χ1) is 14.1. The maximum Gasteiger partial charge on any atom is 0.242 e. The lowest BCUT2D eigenvalue weighted by atomic mass is 9.93. The van der Waals surface area contributed by atoms with E-state index < -0.39 is 0 Å².